The zero-order valence-electron chi connectivity index (χ0n) is 18.7. The van der Waals surface area contributed by atoms with Gasteiger partial charge in [0.1, 0.15) is 18.1 Å². The molecular formula is C24H28O9. The van der Waals surface area contributed by atoms with Crippen molar-refractivity contribution in [3.8, 4) is 11.5 Å². The van der Waals surface area contributed by atoms with E-state index < -0.39 is 18.2 Å². The average molecular weight is 460 g/mol. The lowest BCUT2D eigenvalue weighted by Gasteiger charge is -2.13. The fourth-order valence-corrected chi connectivity index (χ4v) is 2.30. The summed E-state index contributed by atoms with van der Waals surface area (Å²) in [7, 11) is 0. The van der Waals surface area contributed by atoms with Crippen LogP contribution in [0.2, 0.25) is 0 Å². The maximum absolute atomic E-state index is 12.2. The first-order valence-electron chi connectivity index (χ1n) is 10.5. The fraction of sp³-hybridized carbons (Fsp3) is 0.333. The molecule has 0 aliphatic heterocycles. The summed E-state index contributed by atoms with van der Waals surface area (Å²) in [5.41, 5.74) is 0.442. The van der Waals surface area contributed by atoms with Gasteiger partial charge in [-0.15, -0.1) is 9.78 Å². The van der Waals surface area contributed by atoms with Gasteiger partial charge in [-0.25, -0.2) is 9.59 Å². The summed E-state index contributed by atoms with van der Waals surface area (Å²) in [6.45, 7) is 8.45. The molecule has 0 aliphatic carbocycles. The Balaban J connectivity index is 1.85. The third kappa shape index (κ3) is 9.48. The van der Waals surface area contributed by atoms with Crippen molar-refractivity contribution in [2.24, 2.45) is 0 Å². The summed E-state index contributed by atoms with van der Waals surface area (Å²) in [6.07, 6.45) is 1.34. The number of benzene rings is 2. The number of hydrogen-bond acceptors (Lipinski definition) is 9. The Kier molecular flexibility index (Phi) is 11.7. The molecule has 0 fully saturated rings. The van der Waals surface area contributed by atoms with Crippen LogP contribution in [0.15, 0.2) is 48.5 Å². The number of rotatable bonds is 15. The van der Waals surface area contributed by atoms with Crippen LogP contribution in [0.4, 0.5) is 0 Å². The van der Waals surface area contributed by atoms with E-state index in [-0.39, 0.29) is 24.3 Å². The van der Waals surface area contributed by atoms with Gasteiger partial charge in [-0.2, -0.15) is 0 Å². The van der Waals surface area contributed by atoms with Crippen molar-refractivity contribution < 1.29 is 43.3 Å². The van der Waals surface area contributed by atoms with Crippen molar-refractivity contribution in [3.05, 3.63) is 72.9 Å². The highest BCUT2D eigenvalue weighted by atomic mass is 17.3. The normalized spacial score (nSPS) is 10.7. The molecule has 0 saturated carbocycles. The standard InChI is InChI=1S/C24H28O9/c1-4-15-28-20-11-7-18(8-12-20)23(25)32-30-22(17-27-6-3)31-33-24(26)19-9-13-21(14-10-19)29-16-5-2/h7-14H,3-6,15-17H2,1-2H3. The highest BCUT2D eigenvalue weighted by molar-refractivity contribution is 5.89. The second-order valence-electron chi connectivity index (χ2n) is 6.58. The summed E-state index contributed by atoms with van der Waals surface area (Å²) >= 11 is 0. The SMILES string of the molecule is [CH2]COC[C](OOC(=O)c1ccc(OCCC)cc1)OOC(=O)c1ccc(OCCC)cc1. The minimum atomic E-state index is -0.790. The van der Waals surface area contributed by atoms with Gasteiger partial charge in [0, 0.05) is 6.61 Å². The Morgan fingerprint density at radius 1 is 0.697 bits per heavy atom. The van der Waals surface area contributed by atoms with Crippen LogP contribution in [-0.2, 0) is 24.3 Å². The molecule has 9 nitrogen and oxygen atoms in total. The largest absolute Gasteiger partial charge is 0.494 e. The molecule has 0 spiro atoms. The molecule has 2 aromatic carbocycles. The van der Waals surface area contributed by atoms with Crippen LogP contribution in [0.1, 0.15) is 47.4 Å². The van der Waals surface area contributed by atoms with Crippen LogP contribution >= 0.6 is 0 Å². The van der Waals surface area contributed by atoms with Gasteiger partial charge in [0.15, 0.2) is 0 Å². The Labute approximate surface area is 193 Å². The average Bonchev–Trinajstić information content (AvgIpc) is 2.86. The van der Waals surface area contributed by atoms with Crippen molar-refractivity contribution in [3.63, 3.8) is 0 Å². The van der Waals surface area contributed by atoms with E-state index in [0.717, 1.165) is 12.8 Å². The molecule has 0 bridgehead atoms. The van der Waals surface area contributed by atoms with E-state index in [0.29, 0.717) is 24.7 Å². The first kappa shape index (κ1) is 26.1. The summed E-state index contributed by atoms with van der Waals surface area (Å²) in [6, 6.07) is 12.7. The van der Waals surface area contributed by atoms with Crippen molar-refractivity contribution in [1.29, 1.82) is 0 Å². The van der Waals surface area contributed by atoms with Gasteiger partial charge in [-0.1, -0.05) is 13.8 Å². The van der Waals surface area contributed by atoms with Crippen LogP contribution in [0.25, 0.3) is 0 Å². The van der Waals surface area contributed by atoms with Gasteiger partial charge >= 0.3 is 18.2 Å². The first-order valence-corrected chi connectivity index (χ1v) is 10.5. The van der Waals surface area contributed by atoms with Gasteiger partial charge < -0.3 is 14.2 Å². The third-order valence-electron chi connectivity index (χ3n) is 3.91. The highest BCUT2D eigenvalue weighted by Crippen LogP contribution is 2.17. The van der Waals surface area contributed by atoms with Crippen molar-refractivity contribution in [1.82, 2.24) is 0 Å². The number of hydrogen-bond donors (Lipinski definition) is 0. The quantitative estimate of drug-likeness (QED) is 0.281. The lowest BCUT2D eigenvalue weighted by molar-refractivity contribution is -0.368. The molecule has 0 atom stereocenters. The fourth-order valence-electron chi connectivity index (χ4n) is 2.30. The molecule has 2 aromatic rings. The highest BCUT2D eigenvalue weighted by Gasteiger charge is 2.22. The Morgan fingerprint density at radius 3 is 1.48 bits per heavy atom. The number of ether oxygens (including phenoxy) is 3. The van der Waals surface area contributed by atoms with Crippen molar-refractivity contribution in [2.75, 3.05) is 26.4 Å². The van der Waals surface area contributed by atoms with Gasteiger partial charge in [0.25, 0.3) is 0 Å². The van der Waals surface area contributed by atoms with E-state index in [1.54, 1.807) is 24.3 Å². The molecule has 0 N–H and O–H groups in total. The van der Waals surface area contributed by atoms with Gasteiger partial charge in [0.05, 0.1) is 24.3 Å². The summed E-state index contributed by atoms with van der Waals surface area (Å²) in [4.78, 5) is 43.6. The molecule has 178 valence electrons. The zero-order valence-corrected chi connectivity index (χ0v) is 18.7. The lowest BCUT2D eigenvalue weighted by atomic mass is 10.2. The predicted molar refractivity (Wildman–Crippen MR) is 117 cm³/mol. The molecule has 2 radical (unpaired) electrons. The van der Waals surface area contributed by atoms with Crippen LogP contribution in [0.5, 0.6) is 11.5 Å². The first-order chi connectivity index (χ1) is 16.1. The van der Waals surface area contributed by atoms with Gasteiger partial charge in [-0.05, 0) is 68.3 Å². The molecule has 33 heavy (non-hydrogen) atoms. The maximum Gasteiger partial charge on any atom is 0.373 e. The maximum atomic E-state index is 12.2. The molecule has 0 amide bonds. The smallest absolute Gasteiger partial charge is 0.373 e. The van der Waals surface area contributed by atoms with Crippen molar-refractivity contribution in [2.45, 2.75) is 26.7 Å². The molecule has 0 aromatic heterocycles. The van der Waals surface area contributed by atoms with Crippen LogP contribution in [-0.4, -0.2) is 38.4 Å². The Morgan fingerprint density at radius 2 is 1.12 bits per heavy atom. The third-order valence-corrected chi connectivity index (χ3v) is 3.91. The summed E-state index contributed by atoms with van der Waals surface area (Å²) < 4.78 is 16.0. The van der Waals surface area contributed by atoms with Crippen LogP contribution in [0.3, 0.4) is 0 Å². The van der Waals surface area contributed by atoms with Gasteiger partial charge in [-0.3, -0.25) is 9.78 Å². The Hall–Kier alpha value is -3.14. The molecule has 0 aliphatic rings. The molecule has 2 rings (SSSR count). The minimum Gasteiger partial charge on any atom is -0.494 e. The van der Waals surface area contributed by atoms with E-state index in [2.05, 4.69) is 6.92 Å². The zero-order chi connectivity index (χ0) is 23.9. The van der Waals surface area contributed by atoms with Crippen LogP contribution in [0, 0.1) is 13.2 Å². The molecule has 0 saturated heterocycles. The predicted octanol–water partition coefficient (Wildman–Crippen LogP) is 4.48. The molecule has 0 unspecified atom stereocenters. The molecule has 0 heterocycles. The summed E-state index contributed by atoms with van der Waals surface area (Å²) in [5, 5.41) is 0. The van der Waals surface area contributed by atoms with Gasteiger partial charge in [0.2, 0.25) is 0 Å². The second-order valence-corrected chi connectivity index (χ2v) is 6.58. The monoisotopic (exact) mass is 460 g/mol. The molecule has 9 heteroatoms. The van der Waals surface area contributed by atoms with E-state index in [1.807, 2.05) is 13.8 Å². The topological polar surface area (TPSA) is 98.8 Å². The Bertz CT molecular complexity index is 767. The summed E-state index contributed by atoms with van der Waals surface area (Å²) in [5.74, 6) is -0.320. The van der Waals surface area contributed by atoms with E-state index >= 15 is 0 Å². The van der Waals surface area contributed by atoms with E-state index in [9.17, 15) is 9.59 Å². The van der Waals surface area contributed by atoms with E-state index in [1.165, 1.54) is 24.3 Å². The van der Waals surface area contributed by atoms with E-state index in [4.69, 9.17) is 33.8 Å². The van der Waals surface area contributed by atoms with Crippen molar-refractivity contribution >= 4 is 11.9 Å². The lowest BCUT2D eigenvalue weighted by Crippen LogP contribution is -2.20. The van der Waals surface area contributed by atoms with Crippen LogP contribution < -0.4 is 9.47 Å². The molecular weight excluding hydrogens is 432 g/mol. The number of carbonyl (C=O) groups excluding carboxylic acids is 2. The second kappa shape index (κ2) is 14.8. The minimum absolute atomic E-state index is 0.0799. The number of carbonyl (C=O) groups is 2.